The van der Waals surface area contributed by atoms with Crippen LogP contribution in [-0.4, -0.2) is 44.6 Å². The SMILES string of the molecule is CC(C)(C)OC(=O)N1CCC2=CC=C(CCO[Si](C)(C)C(C)(C)C)C2C1. The zero-order valence-electron chi connectivity index (χ0n) is 17.9. The molecule has 1 heterocycles. The number of hydrogen-bond acceptors (Lipinski definition) is 3. The molecule has 0 aromatic heterocycles. The van der Waals surface area contributed by atoms with Gasteiger partial charge in [0.05, 0.1) is 0 Å². The number of hydrogen-bond donors (Lipinski definition) is 0. The van der Waals surface area contributed by atoms with Gasteiger partial charge in [-0.1, -0.05) is 44.1 Å². The molecule has 2 aliphatic rings. The molecule has 2 rings (SSSR count). The van der Waals surface area contributed by atoms with Gasteiger partial charge in [-0.25, -0.2) is 4.79 Å². The van der Waals surface area contributed by atoms with Crippen molar-refractivity contribution in [2.24, 2.45) is 5.92 Å². The van der Waals surface area contributed by atoms with Crippen LogP contribution in [-0.2, 0) is 9.16 Å². The number of rotatable bonds is 4. The van der Waals surface area contributed by atoms with E-state index in [0.717, 1.165) is 32.5 Å². The summed E-state index contributed by atoms with van der Waals surface area (Å²) >= 11 is 0. The van der Waals surface area contributed by atoms with Gasteiger partial charge < -0.3 is 14.1 Å². The lowest BCUT2D eigenvalue weighted by atomic mass is 9.88. The van der Waals surface area contributed by atoms with Crippen LogP contribution >= 0.6 is 0 Å². The van der Waals surface area contributed by atoms with Crippen LogP contribution in [0, 0.1) is 5.92 Å². The van der Waals surface area contributed by atoms with Gasteiger partial charge in [-0.3, -0.25) is 0 Å². The molecule has 0 saturated carbocycles. The van der Waals surface area contributed by atoms with E-state index in [1.807, 2.05) is 25.7 Å². The minimum absolute atomic E-state index is 0.194. The summed E-state index contributed by atoms with van der Waals surface area (Å²) in [6, 6.07) is 0. The average molecular weight is 380 g/mol. The fourth-order valence-corrected chi connectivity index (χ4v) is 4.19. The van der Waals surface area contributed by atoms with Crippen molar-refractivity contribution in [3.63, 3.8) is 0 Å². The standard InChI is InChI=1S/C21H37NO3Si/c1-20(2,3)25-19(23)22-13-11-16-9-10-17(18(16)15-22)12-14-24-26(7,8)21(4,5)6/h9-10,18H,11-15H2,1-8H3. The molecule has 1 aliphatic carbocycles. The fraction of sp³-hybridized carbons (Fsp3) is 0.762. The van der Waals surface area contributed by atoms with Crippen LogP contribution in [0.25, 0.3) is 0 Å². The second kappa shape index (κ2) is 7.51. The van der Waals surface area contributed by atoms with Gasteiger partial charge in [0.15, 0.2) is 8.32 Å². The molecule has 0 aromatic rings. The van der Waals surface area contributed by atoms with Gasteiger partial charge in [0.25, 0.3) is 0 Å². The van der Waals surface area contributed by atoms with Gasteiger partial charge in [0.1, 0.15) is 5.60 Å². The van der Waals surface area contributed by atoms with Crippen molar-refractivity contribution in [3.05, 3.63) is 23.3 Å². The molecule has 1 fully saturated rings. The van der Waals surface area contributed by atoms with Crippen LogP contribution in [0.5, 0.6) is 0 Å². The molecule has 0 spiro atoms. The number of amides is 1. The van der Waals surface area contributed by atoms with Crippen molar-refractivity contribution in [2.75, 3.05) is 19.7 Å². The first-order chi connectivity index (χ1) is 11.8. The molecule has 1 unspecified atom stereocenters. The van der Waals surface area contributed by atoms with Gasteiger partial charge in [0, 0.05) is 25.6 Å². The Morgan fingerprint density at radius 1 is 1.19 bits per heavy atom. The minimum atomic E-state index is -1.71. The summed E-state index contributed by atoms with van der Waals surface area (Å²) in [5.41, 5.74) is 2.40. The molecule has 0 N–H and O–H groups in total. The number of ether oxygens (including phenoxy) is 1. The summed E-state index contributed by atoms with van der Waals surface area (Å²) in [4.78, 5) is 14.3. The van der Waals surface area contributed by atoms with Crippen LogP contribution in [0.4, 0.5) is 4.79 Å². The molecular formula is C21H37NO3Si. The Kier molecular flexibility index (Phi) is 6.13. The van der Waals surface area contributed by atoms with Gasteiger partial charge in [-0.05, 0) is 51.7 Å². The Bertz CT molecular complexity index is 593. The van der Waals surface area contributed by atoms with E-state index in [2.05, 4.69) is 46.0 Å². The molecule has 0 bridgehead atoms. The summed E-state index contributed by atoms with van der Waals surface area (Å²) in [5.74, 6) is 0.347. The first-order valence-electron chi connectivity index (χ1n) is 9.81. The molecule has 4 nitrogen and oxygen atoms in total. The van der Waals surface area contributed by atoms with E-state index in [4.69, 9.17) is 9.16 Å². The summed E-state index contributed by atoms with van der Waals surface area (Å²) in [5, 5.41) is 0.235. The molecule has 1 amide bonds. The van der Waals surface area contributed by atoms with Crippen LogP contribution < -0.4 is 0 Å². The minimum Gasteiger partial charge on any atom is -0.444 e. The number of allylic oxidation sites excluding steroid dienone is 2. The maximum Gasteiger partial charge on any atom is 0.410 e. The first kappa shape index (κ1) is 21.2. The zero-order valence-corrected chi connectivity index (χ0v) is 18.9. The Morgan fingerprint density at radius 3 is 2.42 bits per heavy atom. The van der Waals surface area contributed by atoms with Crippen molar-refractivity contribution >= 4 is 14.4 Å². The Balaban J connectivity index is 1.90. The predicted molar refractivity (Wildman–Crippen MR) is 110 cm³/mol. The van der Waals surface area contributed by atoms with Crippen molar-refractivity contribution in [3.8, 4) is 0 Å². The van der Waals surface area contributed by atoms with E-state index in [9.17, 15) is 4.79 Å². The van der Waals surface area contributed by atoms with E-state index in [1.54, 1.807) is 0 Å². The van der Waals surface area contributed by atoms with Crippen molar-refractivity contribution in [1.29, 1.82) is 0 Å². The maximum atomic E-state index is 12.4. The first-order valence-corrected chi connectivity index (χ1v) is 12.7. The molecular weight excluding hydrogens is 342 g/mol. The highest BCUT2D eigenvalue weighted by molar-refractivity contribution is 6.74. The number of likely N-dealkylation sites (tertiary alicyclic amines) is 1. The Hall–Kier alpha value is -1.07. The summed E-state index contributed by atoms with van der Waals surface area (Å²) in [6.07, 6.45) is 6.18. The predicted octanol–water partition coefficient (Wildman–Crippen LogP) is 5.52. The third-order valence-corrected chi connectivity index (χ3v) is 10.3. The quantitative estimate of drug-likeness (QED) is 0.604. The van der Waals surface area contributed by atoms with E-state index >= 15 is 0 Å². The zero-order chi connectivity index (χ0) is 19.8. The van der Waals surface area contributed by atoms with Crippen molar-refractivity contribution in [2.45, 2.75) is 78.1 Å². The van der Waals surface area contributed by atoms with Gasteiger partial charge in [-0.2, -0.15) is 0 Å². The fourth-order valence-electron chi connectivity index (χ4n) is 3.14. The lowest BCUT2D eigenvalue weighted by molar-refractivity contribution is 0.0213. The highest BCUT2D eigenvalue weighted by Crippen LogP contribution is 2.38. The number of carbonyl (C=O) groups excluding carboxylic acids is 1. The maximum absolute atomic E-state index is 12.4. The smallest absolute Gasteiger partial charge is 0.410 e. The molecule has 1 atom stereocenters. The monoisotopic (exact) mass is 379 g/mol. The number of fused-ring (bicyclic) bond motifs is 1. The average Bonchev–Trinajstić information content (AvgIpc) is 2.86. The van der Waals surface area contributed by atoms with Crippen LogP contribution in [0.1, 0.15) is 54.4 Å². The highest BCUT2D eigenvalue weighted by atomic mass is 28.4. The van der Waals surface area contributed by atoms with Crippen molar-refractivity contribution < 1.29 is 14.0 Å². The normalized spacial score (nSPS) is 21.2. The van der Waals surface area contributed by atoms with Crippen LogP contribution in [0.3, 0.4) is 0 Å². The van der Waals surface area contributed by atoms with E-state index in [-0.39, 0.29) is 11.1 Å². The molecule has 5 heteroatoms. The summed E-state index contributed by atoms with van der Waals surface area (Å²) in [7, 11) is -1.71. The lowest BCUT2D eigenvalue weighted by Gasteiger charge is -2.37. The van der Waals surface area contributed by atoms with Crippen molar-refractivity contribution in [1.82, 2.24) is 4.90 Å². The second-order valence-electron chi connectivity index (χ2n) is 10.1. The number of piperidine rings is 1. The molecule has 0 radical (unpaired) electrons. The van der Waals surface area contributed by atoms with E-state index in [0.29, 0.717) is 5.92 Å². The van der Waals surface area contributed by atoms with Crippen LogP contribution in [0.15, 0.2) is 23.3 Å². The molecule has 148 valence electrons. The summed E-state index contributed by atoms with van der Waals surface area (Å²) < 4.78 is 11.9. The Labute approximate surface area is 160 Å². The highest BCUT2D eigenvalue weighted by Gasteiger charge is 2.38. The molecule has 26 heavy (non-hydrogen) atoms. The second-order valence-corrected chi connectivity index (χ2v) is 14.9. The van der Waals surface area contributed by atoms with Gasteiger partial charge in [0.2, 0.25) is 0 Å². The van der Waals surface area contributed by atoms with Crippen LogP contribution in [0.2, 0.25) is 18.1 Å². The molecule has 0 aromatic carbocycles. The number of carbonyl (C=O) groups is 1. The number of nitrogens with zero attached hydrogens (tertiary/aromatic N) is 1. The Morgan fingerprint density at radius 2 is 1.85 bits per heavy atom. The molecule has 1 saturated heterocycles. The van der Waals surface area contributed by atoms with E-state index < -0.39 is 13.9 Å². The summed E-state index contributed by atoms with van der Waals surface area (Å²) in [6.45, 7) is 19.4. The molecule has 1 aliphatic heterocycles. The third kappa shape index (κ3) is 5.23. The lowest BCUT2D eigenvalue weighted by Crippen LogP contribution is -2.44. The third-order valence-electron chi connectivity index (χ3n) is 5.79. The topological polar surface area (TPSA) is 38.8 Å². The largest absolute Gasteiger partial charge is 0.444 e. The van der Waals surface area contributed by atoms with Gasteiger partial charge >= 0.3 is 6.09 Å². The van der Waals surface area contributed by atoms with Gasteiger partial charge in [-0.15, -0.1) is 0 Å². The van der Waals surface area contributed by atoms with E-state index in [1.165, 1.54) is 11.1 Å².